The first kappa shape index (κ1) is 10.4. The number of nitriles is 1. The number of benzene rings is 1. The highest BCUT2D eigenvalue weighted by atomic mass is 79.9. The van der Waals surface area contributed by atoms with Gasteiger partial charge in [0.15, 0.2) is 0 Å². The first-order valence-corrected chi connectivity index (χ1v) is 4.92. The van der Waals surface area contributed by atoms with E-state index in [2.05, 4.69) is 27.3 Å². The van der Waals surface area contributed by atoms with Gasteiger partial charge in [0.1, 0.15) is 6.04 Å². The average Bonchev–Trinajstić information content (AvgIpc) is 2.11. The molecule has 0 saturated carbocycles. The van der Waals surface area contributed by atoms with Crippen LogP contribution in [0.3, 0.4) is 0 Å². The van der Waals surface area contributed by atoms with E-state index in [4.69, 9.17) is 16.9 Å². The molecule has 0 bridgehead atoms. The van der Waals surface area contributed by atoms with Gasteiger partial charge in [-0.2, -0.15) is 5.26 Å². The Hall–Kier alpha value is -0.720. The topological polar surface area (TPSA) is 35.8 Å². The van der Waals surface area contributed by atoms with E-state index in [9.17, 15) is 0 Å². The summed E-state index contributed by atoms with van der Waals surface area (Å²) in [5, 5.41) is 12.3. The Bertz CT molecular complexity index is 346. The summed E-state index contributed by atoms with van der Waals surface area (Å²) >= 11 is 9.16. The van der Waals surface area contributed by atoms with Crippen LogP contribution in [0.4, 0.5) is 5.69 Å². The number of rotatable bonds is 2. The van der Waals surface area contributed by atoms with Crippen LogP contribution in [0.1, 0.15) is 6.92 Å². The van der Waals surface area contributed by atoms with E-state index in [1.807, 2.05) is 6.07 Å². The van der Waals surface area contributed by atoms with Crippen molar-refractivity contribution in [1.82, 2.24) is 0 Å². The molecule has 0 spiro atoms. The Balaban J connectivity index is 2.88. The molecule has 1 N–H and O–H groups in total. The van der Waals surface area contributed by atoms with Gasteiger partial charge in [0, 0.05) is 9.50 Å². The third-order valence-electron chi connectivity index (χ3n) is 1.49. The Labute approximate surface area is 90.6 Å². The number of nitrogens with zero attached hydrogens (tertiary/aromatic N) is 1. The van der Waals surface area contributed by atoms with Crippen molar-refractivity contribution in [2.75, 3.05) is 5.32 Å². The van der Waals surface area contributed by atoms with Gasteiger partial charge in [-0.05, 0) is 41.1 Å². The molecular weight excluding hydrogens is 251 g/mol. The van der Waals surface area contributed by atoms with E-state index >= 15 is 0 Å². The molecule has 0 saturated heterocycles. The zero-order chi connectivity index (χ0) is 9.84. The van der Waals surface area contributed by atoms with Gasteiger partial charge in [0.05, 0.1) is 11.8 Å². The summed E-state index contributed by atoms with van der Waals surface area (Å²) in [5.41, 5.74) is 0.835. The minimum atomic E-state index is -0.227. The highest BCUT2D eigenvalue weighted by Crippen LogP contribution is 2.26. The second-order valence-corrected chi connectivity index (χ2v) is 3.91. The zero-order valence-corrected chi connectivity index (χ0v) is 9.35. The van der Waals surface area contributed by atoms with Gasteiger partial charge in [-0.1, -0.05) is 11.6 Å². The number of halogens is 2. The fraction of sp³-hybridized carbons (Fsp3) is 0.222. The lowest BCUT2D eigenvalue weighted by atomic mass is 10.3. The Morgan fingerprint density at radius 2 is 2.31 bits per heavy atom. The van der Waals surface area contributed by atoms with E-state index in [-0.39, 0.29) is 6.04 Å². The molecule has 4 heteroatoms. The van der Waals surface area contributed by atoms with Crippen molar-refractivity contribution >= 4 is 33.2 Å². The number of anilines is 1. The highest BCUT2D eigenvalue weighted by molar-refractivity contribution is 9.10. The molecule has 0 heterocycles. The van der Waals surface area contributed by atoms with Crippen molar-refractivity contribution in [1.29, 1.82) is 5.26 Å². The smallest absolute Gasteiger partial charge is 0.111 e. The second-order valence-electron chi connectivity index (χ2n) is 2.62. The average molecular weight is 260 g/mol. The third kappa shape index (κ3) is 2.91. The quantitative estimate of drug-likeness (QED) is 0.883. The summed E-state index contributed by atoms with van der Waals surface area (Å²) in [4.78, 5) is 0. The van der Waals surface area contributed by atoms with Crippen LogP contribution in [0.15, 0.2) is 22.7 Å². The molecule has 68 valence electrons. The van der Waals surface area contributed by atoms with Gasteiger partial charge in [0.25, 0.3) is 0 Å². The van der Waals surface area contributed by atoms with Crippen LogP contribution in [0.25, 0.3) is 0 Å². The maximum Gasteiger partial charge on any atom is 0.111 e. The first-order valence-electron chi connectivity index (χ1n) is 3.74. The van der Waals surface area contributed by atoms with Crippen LogP contribution in [-0.4, -0.2) is 6.04 Å². The van der Waals surface area contributed by atoms with Crippen molar-refractivity contribution in [2.24, 2.45) is 0 Å². The van der Waals surface area contributed by atoms with Crippen molar-refractivity contribution in [2.45, 2.75) is 13.0 Å². The van der Waals surface area contributed by atoms with Gasteiger partial charge in [0.2, 0.25) is 0 Å². The molecule has 13 heavy (non-hydrogen) atoms. The molecule has 1 atom stereocenters. The fourth-order valence-corrected chi connectivity index (χ4v) is 1.41. The monoisotopic (exact) mass is 258 g/mol. The summed E-state index contributed by atoms with van der Waals surface area (Å²) in [6, 6.07) is 7.26. The van der Waals surface area contributed by atoms with E-state index in [1.165, 1.54) is 0 Å². The van der Waals surface area contributed by atoms with Gasteiger partial charge < -0.3 is 5.32 Å². The van der Waals surface area contributed by atoms with Crippen LogP contribution < -0.4 is 5.32 Å². The van der Waals surface area contributed by atoms with Crippen molar-refractivity contribution in [3.05, 3.63) is 27.7 Å². The standard InChI is InChI=1S/C9H8BrClN2/c1-6(5-12)13-9-4-7(11)2-3-8(9)10/h2-4,6,13H,1H3. The van der Waals surface area contributed by atoms with Crippen molar-refractivity contribution < 1.29 is 0 Å². The third-order valence-corrected chi connectivity index (χ3v) is 2.42. The van der Waals surface area contributed by atoms with Crippen molar-refractivity contribution in [3.8, 4) is 6.07 Å². The maximum atomic E-state index is 8.60. The first-order chi connectivity index (χ1) is 6.13. The van der Waals surface area contributed by atoms with Crippen LogP contribution in [0, 0.1) is 11.3 Å². The number of nitrogens with one attached hydrogen (secondary N) is 1. The molecule has 1 unspecified atom stereocenters. The SMILES string of the molecule is CC(C#N)Nc1cc(Cl)ccc1Br. The van der Waals surface area contributed by atoms with Crippen LogP contribution in [-0.2, 0) is 0 Å². The van der Waals surface area contributed by atoms with Gasteiger partial charge in [-0.25, -0.2) is 0 Å². The summed E-state index contributed by atoms with van der Waals surface area (Å²) in [6.45, 7) is 1.79. The van der Waals surface area contributed by atoms with E-state index in [1.54, 1.807) is 19.1 Å². The predicted octanol–water partition coefficient (Wildman–Crippen LogP) is 3.43. The van der Waals surface area contributed by atoms with Crippen LogP contribution in [0.5, 0.6) is 0 Å². The molecule has 1 aromatic rings. The van der Waals surface area contributed by atoms with E-state index < -0.39 is 0 Å². The van der Waals surface area contributed by atoms with E-state index in [0.29, 0.717) is 5.02 Å². The molecular formula is C9H8BrClN2. The number of hydrogen-bond donors (Lipinski definition) is 1. The zero-order valence-electron chi connectivity index (χ0n) is 7.01. The summed E-state index contributed by atoms with van der Waals surface area (Å²) in [6.07, 6.45) is 0. The predicted molar refractivity (Wildman–Crippen MR) is 57.8 cm³/mol. The lowest BCUT2D eigenvalue weighted by Gasteiger charge is -2.09. The Kier molecular flexibility index (Phi) is 3.58. The molecule has 0 amide bonds. The molecule has 2 nitrogen and oxygen atoms in total. The van der Waals surface area contributed by atoms with Crippen LogP contribution >= 0.6 is 27.5 Å². The van der Waals surface area contributed by atoms with Gasteiger partial charge in [-0.3, -0.25) is 0 Å². The largest absolute Gasteiger partial charge is 0.369 e. The molecule has 0 aliphatic rings. The molecule has 1 rings (SSSR count). The molecule has 0 aromatic heterocycles. The minimum absolute atomic E-state index is 0.227. The second kappa shape index (κ2) is 4.50. The van der Waals surface area contributed by atoms with Crippen LogP contribution in [0.2, 0.25) is 5.02 Å². The molecule has 0 radical (unpaired) electrons. The Morgan fingerprint density at radius 1 is 1.62 bits per heavy atom. The maximum absolute atomic E-state index is 8.60. The number of hydrogen-bond acceptors (Lipinski definition) is 2. The van der Waals surface area contributed by atoms with Gasteiger partial charge >= 0.3 is 0 Å². The Morgan fingerprint density at radius 3 is 2.92 bits per heavy atom. The summed E-state index contributed by atoms with van der Waals surface area (Å²) < 4.78 is 0.902. The fourth-order valence-electron chi connectivity index (χ4n) is 0.874. The highest BCUT2D eigenvalue weighted by Gasteiger charge is 2.03. The van der Waals surface area contributed by atoms with Crippen molar-refractivity contribution in [3.63, 3.8) is 0 Å². The molecule has 0 fully saturated rings. The molecule has 0 aliphatic carbocycles. The minimum Gasteiger partial charge on any atom is -0.369 e. The molecule has 0 aliphatic heterocycles. The summed E-state index contributed by atoms with van der Waals surface area (Å²) in [7, 11) is 0. The lowest BCUT2D eigenvalue weighted by molar-refractivity contribution is 1.01. The normalized spacial score (nSPS) is 11.8. The van der Waals surface area contributed by atoms with Gasteiger partial charge in [-0.15, -0.1) is 0 Å². The lowest BCUT2D eigenvalue weighted by Crippen LogP contribution is -2.12. The van der Waals surface area contributed by atoms with E-state index in [0.717, 1.165) is 10.2 Å². The molecule has 1 aromatic carbocycles. The summed E-state index contributed by atoms with van der Waals surface area (Å²) in [5.74, 6) is 0.